The Morgan fingerprint density at radius 3 is 2.43 bits per heavy atom. The van der Waals surface area contributed by atoms with Gasteiger partial charge in [-0.25, -0.2) is 0 Å². The predicted octanol–water partition coefficient (Wildman–Crippen LogP) is 2.67. The van der Waals surface area contributed by atoms with Crippen LogP contribution in [0, 0.1) is 0 Å². The highest BCUT2D eigenvalue weighted by Crippen LogP contribution is 2.40. The van der Waals surface area contributed by atoms with Gasteiger partial charge in [-0.15, -0.1) is 0 Å². The summed E-state index contributed by atoms with van der Waals surface area (Å²) < 4.78 is 10.6. The Morgan fingerprint density at radius 2 is 1.80 bits per heavy atom. The molecule has 0 aliphatic carbocycles. The molecule has 2 aromatic rings. The molecule has 156 valence electrons. The van der Waals surface area contributed by atoms with Crippen molar-refractivity contribution in [2.75, 3.05) is 27.4 Å². The van der Waals surface area contributed by atoms with Crippen molar-refractivity contribution in [3.05, 3.63) is 77.1 Å². The van der Waals surface area contributed by atoms with Crippen LogP contribution >= 0.6 is 0 Å². The van der Waals surface area contributed by atoms with E-state index in [0.29, 0.717) is 17.1 Å². The van der Waals surface area contributed by atoms with Crippen LogP contribution in [-0.4, -0.2) is 54.2 Å². The Kier molecular flexibility index (Phi) is 6.54. The lowest BCUT2D eigenvalue weighted by Gasteiger charge is -2.26. The van der Waals surface area contributed by atoms with Gasteiger partial charge in [0.05, 0.1) is 32.4 Å². The molecule has 1 aliphatic heterocycles. The van der Waals surface area contributed by atoms with Crippen LogP contribution in [0.15, 0.2) is 65.9 Å². The minimum absolute atomic E-state index is 0.0406. The zero-order chi connectivity index (χ0) is 21.7. The molecule has 0 bridgehead atoms. The highest BCUT2D eigenvalue weighted by atomic mass is 16.5. The molecular weight excluding hydrogens is 386 g/mol. The molecule has 0 fully saturated rings. The molecule has 0 spiro atoms. The minimum atomic E-state index is -0.864. The van der Waals surface area contributed by atoms with Crippen LogP contribution < -0.4 is 9.47 Å². The van der Waals surface area contributed by atoms with Crippen LogP contribution in [0.4, 0.5) is 0 Å². The van der Waals surface area contributed by atoms with E-state index < -0.39 is 23.5 Å². The van der Waals surface area contributed by atoms with Crippen LogP contribution in [0.3, 0.4) is 0 Å². The first-order valence-corrected chi connectivity index (χ1v) is 9.36. The maximum absolute atomic E-state index is 13.0. The molecule has 1 atom stereocenters. The quantitative estimate of drug-likeness (QED) is 0.651. The number of carbonyl (C=O) groups is 2. The fourth-order valence-electron chi connectivity index (χ4n) is 3.44. The average Bonchev–Trinajstić information content (AvgIpc) is 3.03. The molecular formula is C23H23NO6. The van der Waals surface area contributed by atoms with Crippen molar-refractivity contribution < 1.29 is 29.3 Å². The Balaban J connectivity index is 2.03. The van der Waals surface area contributed by atoms with Gasteiger partial charge in [0, 0.05) is 6.54 Å². The third kappa shape index (κ3) is 4.06. The van der Waals surface area contributed by atoms with Crippen LogP contribution in [-0.2, 0) is 9.59 Å². The summed E-state index contributed by atoms with van der Waals surface area (Å²) in [5, 5.41) is 19.9. The van der Waals surface area contributed by atoms with E-state index in [0.717, 1.165) is 5.56 Å². The number of hydrogen-bond acceptors (Lipinski definition) is 6. The van der Waals surface area contributed by atoms with Gasteiger partial charge in [-0.1, -0.05) is 42.5 Å². The minimum Gasteiger partial charge on any atom is -0.503 e. The van der Waals surface area contributed by atoms with Crippen molar-refractivity contribution >= 4 is 17.8 Å². The summed E-state index contributed by atoms with van der Waals surface area (Å²) in [6, 6.07) is 13.4. The van der Waals surface area contributed by atoms with Crippen molar-refractivity contribution in [1.82, 2.24) is 4.90 Å². The number of hydrogen-bond donors (Lipinski definition) is 2. The second-order valence-electron chi connectivity index (χ2n) is 6.61. The number of amides is 1. The Bertz CT molecular complexity index is 996. The lowest BCUT2D eigenvalue weighted by molar-refractivity contribution is -0.129. The fourth-order valence-corrected chi connectivity index (χ4v) is 3.44. The van der Waals surface area contributed by atoms with Gasteiger partial charge in [0.25, 0.3) is 5.91 Å². The number of ether oxygens (including phenoxy) is 2. The van der Waals surface area contributed by atoms with Crippen molar-refractivity contribution in [2.45, 2.75) is 6.04 Å². The molecule has 2 N–H and O–H groups in total. The van der Waals surface area contributed by atoms with Gasteiger partial charge in [-0.05, 0) is 29.3 Å². The van der Waals surface area contributed by atoms with Gasteiger partial charge in [-0.2, -0.15) is 0 Å². The topological polar surface area (TPSA) is 96.3 Å². The maximum Gasteiger partial charge on any atom is 0.290 e. The third-order valence-corrected chi connectivity index (χ3v) is 4.86. The lowest BCUT2D eigenvalue weighted by Crippen LogP contribution is -2.33. The first-order valence-electron chi connectivity index (χ1n) is 9.36. The predicted molar refractivity (Wildman–Crippen MR) is 111 cm³/mol. The molecule has 7 heteroatoms. The molecule has 3 rings (SSSR count). The van der Waals surface area contributed by atoms with E-state index in [2.05, 4.69) is 0 Å². The first kappa shape index (κ1) is 21.1. The van der Waals surface area contributed by atoms with Crippen molar-refractivity contribution in [1.29, 1.82) is 0 Å². The van der Waals surface area contributed by atoms with E-state index in [1.807, 2.05) is 30.3 Å². The van der Waals surface area contributed by atoms with Crippen LogP contribution in [0.2, 0.25) is 0 Å². The molecule has 1 aliphatic rings. The van der Waals surface area contributed by atoms with Crippen molar-refractivity contribution in [2.24, 2.45) is 0 Å². The average molecular weight is 409 g/mol. The monoisotopic (exact) mass is 409 g/mol. The molecule has 30 heavy (non-hydrogen) atoms. The number of rotatable bonds is 8. The summed E-state index contributed by atoms with van der Waals surface area (Å²) in [6.45, 7) is -0.356. The SMILES string of the molecule is COc1ccc(C2C(C(=O)/C=C/c3ccccc3)=C(O)C(=O)N2CCO)cc1OC. The number of aliphatic hydroxyl groups is 2. The van der Waals surface area contributed by atoms with Crippen LogP contribution in [0.1, 0.15) is 17.2 Å². The molecule has 0 saturated heterocycles. The van der Waals surface area contributed by atoms with E-state index in [9.17, 15) is 19.8 Å². The van der Waals surface area contributed by atoms with Crippen molar-refractivity contribution in [3.8, 4) is 11.5 Å². The third-order valence-electron chi connectivity index (χ3n) is 4.86. The summed E-state index contributed by atoms with van der Waals surface area (Å²) in [5.74, 6) is -0.912. The van der Waals surface area contributed by atoms with Gasteiger partial charge in [0.1, 0.15) is 0 Å². The number of methoxy groups -OCH3 is 2. The molecule has 0 saturated carbocycles. The number of benzene rings is 2. The summed E-state index contributed by atoms with van der Waals surface area (Å²) in [6.07, 6.45) is 2.94. The van der Waals surface area contributed by atoms with E-state index in [4.69, 9.17) is 9.47 Å². The zero-order valence-corrected chi connectivity index (χ0v) is 16.7. The van der Waals surface area contributed by atoms with Crippen molar-refractivity contribution in [3.63, 3.8) is 0 Å². The smallest absolute Gasteiger partial charge is 0.290 e. The molecule has 1 unspecified atom stereocenters. The summed E-state index contributed by atoms with van der Waals surface area (Å²) >= 11 is 0. The van der Waals surface area contributed by atoms with Gasteiger partial charge < -0.3 is 24.6 Å². The van der Waals surface area contributed by atoms with Crippen LogP contribution in [0.5, 0.6) is 11.5 Å². The van der Waals surface area contributed by atoms with Gasteiger partial charge in [0.15, 0.2) is 23.0 Å². The summed E-state index contributed by atoms with van der Waals surface area (Å²) in [7, 11) is 2.98. The Hall–Kier alpha value is -3.58. The second kappa shape index (κ2) is 9.28. The standard InChI is InChI=1S/C23H23NO6/c1-29-18-11-9-16(14-19(18)30-2)21-20(22(27)23(28)24(21)12-13-25)17(26)10-8-15-6-4-3-5-7-15/h3-11,14,21,25,27H,12-13H2,1-2H3/b10-8+. The molecule has 1 amide bonds. The van der Waals surface area contributed by atoms with E-state index in [-0.39, 0.29) is 18.7 Å². The van der Waals surface area contributed by atoms with Gasteiger partial charge in [-0.3, -0.25) is 9.59 Å². The molecule has 7 nitrogen and oxygen atoms in total. The van der Waals surface area contributed by atoms with E-state index >= 15 is 0 Å². The number of β-amino-alcohol motifs (C(OH)–C–C–N with tert-alkyl or cyclic N) is 1. The second-order valence-corrected chi connectivity index (χ2v) is 6.61. The molecule has 0 radical (unpaired) electrons. The first-order chi connectivity index (χ1) is 14.5. The summed E-state index contributed by atoms with van der Waals surface area (Å²) in [4.78, 5) is 26.9. The molecule has 0 aromatic heterocycles. The maximum atomic E-state index is 13.0. The fraction of sp³-hybridized carbons (Fsp3) is 0.217. The Morgan fingerprint density at radius 1 is 1.10 bits per heavy atom. The lowest BCUT2D eigenvalue weighted by atomic mass is 9.95. The highest BCUT2D eigenvalue weighted by molar-refractivity contribution is 6.14. The summed E-state index contributed by atoms with van der Waals surface area (Å²) in [5.41, 5.74) is 1.31. The number of aliphatic hydroxyl groups excluding tert-OH is 2. The Labute approximate surface area is 174 Å². The van der Waals surface area contributed by atoms with E-state index in [1.54, 1.807) is 24.3 Å². The van der Waals surface area contributed by atoms with Crippen LogP contribution in [0.25, 0.3) is 6.08 Å². The largest absolute Gasteiger partial charge is 0.503 e. The highest BCUT2D eigenvalue weighted by Gasteiger charge is 2.42. The van der Waals surface area contributed by atoms with E-state index in [1.165, 1.54) is 25.2 Å². The normalized spacial score (nSPS) is 16.4. The van der Waals surface area contributed by atoms with Gasteiger partial charge >= 0.3 is 0 Å². The number of nitrogens with zero attached hydrogens (tertiary/aromatic N) is 1. The number of allylic oxidation sites excluding steroid dienone is 1. The number of ketones is 1. The number of carbonyl (C=O) groups excluding carboxylic acids is 2. The van der Waals surface area contributed by atoms with Gasteiger partial charge in [0.2, 0.25) is 0 Å². The molecule has 1 heterocycles. The zero-order valence-electron chi connectivity index (χ0n) is 16.7. The molecule has 2 aromatic carbocycles.